The van der Waals surface area contributed by atoms with Crippen LogP contribution >= 0.6 is 0 Å². The summed E-state index contributed by atoms with van der Waals surface area (Å²) in [5.74, 6) is 1.77. The first-order chi connectivity index (χ1) is 12.4. The Morgan fingerprint density at radius 1 is 1.00 bits per heavy atom. The van der Waals surface area contributed by atoms with E-state index in [-0.39, 0.29) is 4.90 Å². The van der Waals surface area contributed by atoms with Crippen molar-refractivity contribution in [1.29, 1.82) is 0 Å². The highest BCUT2D eigenvalue weighted by molar-refractivity contribution is 7.92. The summed E-state index contributed by atoms with van der Waals surface area (Å²) in [6.07, 6.45) is 0. The van der Waals surface area contributed by atoms with Crippen molar-refractivity contribution in [2.45, 2.75) is 11.8 Å². The van der Waals surface area contributed by atoms with Crippen LogP contribution in [0.1, 0.15) is 5.89 Å². The average molecular weight is 375 g/mol. The fourth-order valence-electron chi connectivity index (χ4n) is 2.31. The molecule has 1 heterocycles. The zero-order valence-corrected chi connectivity index (χ0v) is 15.2. The van der Waals surface area contributed by atoms with Gasteiger partial charge in [0.25, 0.3) is 10.0 Å². The van der Waals surface area contributed by atoms with Gasteiger partial charge in [0.2, 0.25) is 11.7 Å². The highest BCUT2D eigenvalue weighted by Crippen LogP contribution is 2.31. The second-order valence-electron chi connectivity index (χ2n) is 5.34. The number of ether oxygens (including phenoxy) is 2. The minimum Gasteiger partial charge on any atom is -0.493 e. The Bertz CT molecular complexity index is 1010. The summed E-state index contributed by atoms with van der Waals surface area (Å²) < 4.78 is 42.9. The standard InChI is InChI=1S/C17H17N3O5S/c1-11-18-17(19-25-11)12-4-7-14(8-5-12)26(21,22)20-13-6-9-15(23-2)16(10-13)24-3/h4-10,20H,1-3H3. The number of rotatable bonds is 6. The molecule has 3 rings (SSSR count). The van der Waals surface area contributed by atoms with Crippen molar-refractivity contribution in [3.63, 3.8) is 0 Å². The Balaban J connectivity index is 1.84. The first-order valence-electron chi connectivity index (χ1n) is 7.58. The molecule has 0 aliphatic carbocycles. The number of nitrogens with one attached hydrogen (secondary N) is 1. The maximum atomic E-state index is 12.6. The molecular formula is C17H17N3O5S. The monoisotopic (exact) mass is 375 g/mol. The summed E-state index contributed by atoms with van der Waals surface area (Å²) in [6, 6.07) is 11.0. The molecule has 0 saturated heterocycles. The highest BCUT2D eigenvalue weighted by Gasteiger charge is 2.16. The van der Waals surface area contributed by atoms with Crippen molar-refractivity contribution < 1.29 is 22.4 Å². The second kappa shape index (κ2) is 7.04. The van der Waals surface area contributed by atoms with E-state index in [4.69, 9.17) is 14.0 Å². The van der Waals surface area contributed by atoms with E-state index in [1.807, 2.05) is 0 Å². The molecule has 0 bridgehead atoms. The van der Waals surface area contributed by atoms with Gasteiger partial charge in [-0.25, -0.2) is 8.42 Å². The van der Waals surface area contributed by atoms with Crippen LogP contribution in [-0.4, -0.2) is 32.8 Å². The molecule has 0 amide bonds. The minimum atomic E-state index is -3.76. The average Bonchev–Trinajstić information content (AvgIpc) is 3.08. The number of methoxy groups -OCH3 is 2. The van der Waals surface area contributed by atoms with Crippen LogP contribution in [-0.2, 0) is 10.0 Å². The Hall–Kier alpha value is -3.07. The zero-order valence-electron chi connectivity index (χ0n) is 14.4. The molecule has 0 atom stereocenters. The number of aryl methyl sites for hydroxylation is 1. The third kappa shape index (κ3) is 3.62. The van der Waals surface area contributed by atoms with E-state index < -0.39 is 10.0 Å². The fraction of sp³-hybridized carbons (Fsp3) is 0.176. The van der Waals surface area contributed by atoms with Gasteiger partial charge in [0, 0.05) is 18.6 Å². The Labute approximate surface area is 150 Å². The van der Waals surface area contributed by atoms with Crippen molar-refractivity contribution in [3.8, 4) is 22.9 Å². The fourth-order valence-corrected chi connectivity index (χ4v) is 3.36. The molecule has 0 aliphatic rings. The van der Waals surface area contributed by atoms with Gasteiger partial charge in [0.05, 0.1) is 24.8 Å². The predicted molar refractivity (Wildman–Crippen MR) is 94.8 cm³/mol. The van der Waals surface area contributed by atoms with Gasteiger partial charge in [0.15, 0.2) is 11.5 Å². The highest BCUT2D eigenvalue weighted by atomic mass is 32.2. The van der Waals surface area contributed by atoms with Crippen LogP contribution in [0.5, 0.6) is 11.5 Å². The van der Waals surface area contributed by atoms with Gasteiger partial charge < -0.3 is 14.0 Å². The first-order valence-corrected chi connectivity index (χ1v) is 9.07. The molecular weight excluding hydrogens is 358 g/mol. The number of benzene rings is 2. The molecule has 0 aliphatic heterocycles. The molecule has 0 radical (unpaired) electrons. The first kappa shape index (κ1) is 17.7. The summed E-state index contributed by atoms with van der Waals surface area (Å²) in [5, 5.41) is 3.80. The molecule has 0 fully saturated rings. The van der Waals surface area contributed by atoms with Gasteiger partial charge in [-0.05, 0) is 36.4 Å². The van der Waals surface area contributed by atoms with E-state index in [0.29, 0.717) is 34.5 Å². The van der Waals surface area contributed by atoms with Gasteiger partial charge >= 0.3 is 0 Å². The number of aromatic nitrogens is 2. The molecule has 8 nitrogen and oxygen atoms in total. The SMILES string of the molecule is COc1ccc(NS(=O)(=O)c2ccc(-c3noc(C)n3)cc2)cc1OC. The van der Waals surface area contributed by atoms with Crippen LogP contribution in [0.15, 0.2) is 51.9 Å². The molecule has 1 aromatic heterocycles. The normalized spacial score (nSPS) is 11.2. The van der Waals surface area contributed by atoms with Crippen molar-refractivity contribution in [3.05, 3.63) is 48.4 Å². The molecule has 2 aromatic carbocycles. The van der Waals surface area contributed by atoms with Gasteiger partial charge in [-0.1, -0.05) is 5.16 Å². The maximum absolute atomic E-state index is 12.6. The van der Waals surface area contributed by atoms with Crippen LogP contribution in [0.3, 0.4) is 0 Å². The number of hydrogen-bond acceptors (Lipinski definition) is 7. The zero-order chi connectivity index (χ0) is 18.7. The van der Waals surface area contributed by atoms with Crippen molar-refractivity contribution >= 4 is 15.7 Å². The van der Waals surface area contributed by atoms with E-state index >= 15 is 0 Å². The van der Waals surface area contributed by atoms with Gasteiger partial charge in [-0.2, -0.15) is 4.98 Å². The van der Waals surface area contributed by atoms with E-state index in [2.05, 4.69) is 14.9 Å². The van der Waals surface area contributed by atoms with Gasteiger partial charge in [-0.15, -0.1) is 0 Å². The Morgan fingerprint density at radius 3 is 2.27 bits per heavy atom. The Morgan fingerprint density at radius 2 is 1.69 bits per heavy atom. The van der Waals surface area contributed by atoms with Crippen LogP contribution in [0.25, 0.3) is 11.4 Å². The summed E-state index contributed by atoms with van der Waals surface area (Å²) in [7, 11) is -0.773. The van der Waals surface area contributed by atoms with Crippen LogP contribution in [0.4, 0.5) is 5.69 Å². The van der Waals surface area contributed by atoms with E-state index in [1.54, 1.807) is 37.3 Å². The van der Waals surface area contributed by atoms with Crippen LogP contribution in [0.2, 0.25) is 0 Å². The lowest BCUT2D eigenvalue weighted by atomic mass is 10.2. The molecule has 0 spiro atoms. The lowest BCUT2D eigenvalue weighted by Gasteiger charge is -2.12. The number of anilines is 1. The molecule has 9 heteroatoms. The molecule has 0 saturated carbocycles. The van der Waals surface area contributed by atoms with E-state index in [9.17, 15) is 8.42 Å². The summed E-state index contributed by atoms with van der Waals surface area (Å²) >= 11 is 0. The van der Waals surface area contributed by atoms with Crippen LogP contribution < -0.4 is 14.2 Å². The smallest absolute Gasteiger partial charge is 0.261 e. The molecule has 1 N–H and O–H groups in total. The van der Waals surface area contributed by atoms with Crippen LogP contribution in [0, 0.1) is 6.92 Å². The third-order valence-corrected chi connectivity index (χ3v) is 4.98. The lowest BCUT2D eigenvalue weighted by Crippen LogP contribution is -2.13. The molecule has 0 unspecified atom stereocenters. The lowest BCUT2D eigenvalue weighted by molar-refractivity contribution is 0.355. The number of hydrogen-bond donors (Lipinski definition) is 1. The largest absolute Gasteiger partial charge is 0.493 e. The van der Waals surface area contributed by atoms with Crippen molar-refractivity contribution in [1.82, 2.24) is 10.1 Å². The maximum Gasteiger partial charge on any atom is 0.261 e. The summed E-state index contributed by atoms with van der Waals surface area (Å²) in [6.45, 7) is 1.68. The molecule has 26 heavy (non-hydrogen) atoms. The van der Waals surface area contributed by atoms with Crippen molar-refractivity contribution in [2.75, 3.05) is 18.9 Å². The van der Waals surface area contributed by atoms with E-state index in [1.165, 1.54) is 26.4 Å². The second-order valence-corrected chi connectivity index (χ2v) is 7.02. The van der Waals surface area contributed by atoms with Gasteiger partial charge in [0.1, 0.15) is 0 Å². The Kier molecular flexibility index (Phi) is 4.81. The van der Waals surface area contributed by atoms with Gasteiger partial charge in [-0.3, -0.25) is 4.72 Å². The summed E-state index contributed by atoms with van der Waals surface area (Å²) in [4.78, 5) is 4.21. The topological polar surface area (TPSA) is 104 Å². The molecule has 136 valence electrons. The minimum absolute atomic E-state index is 0.108. The summed E-state index contributed by atoms with van der Waals surface area (Å²) in [5.41, 5.74) is 1.02. The number of nitrogens with zero attached hydrogens (tertiary/aromatic N) is 2. The van der Waals surface area contributed by atoms with Crippen molar-refractivity contribution in [2.24, 2.45) is 0 Å². The molecule has 3 aromatic rings. The quantitative estimate of drug-likeness (QED) is 0.706. The third-order valence-electron chi connectivity index (χ3n) is 3.59. The van der Waals surface area contributed by atoms with E-state index in [0.717, 1.165) is 0 Å². The predicted octanol–water partition coefficient (Wildman–Crippen LogP) is 2.86. The number of sulfonamides is 1.